The molecule has 0 bridgehead atoms. The smallest absolute Gasteiger partial charge is 0.295 e. The minimum Gasteiger partial charge on any atom is -0.459 e. The Morgan fingerprint density at radius 1 is 1.07 bits per heavy atom. The zero-order chi connectivity index (χ0) is 30.3. The Morgan fingerprint density at radius 2 is 1.74 bits per heavy atom. The van der Waals surface area contributed by atoms with Crippen molar-refractivity contribution in [2.24, 2.45) is 0 Å². The zero-order valence-corrected chi connectivity index (χ0v) is 23.7. The molecule has 1 fully saturated rings. The van der Waals surface area contributed by atoms with Gasteiger partial charge in [0.2, 0.25) is 0 Å². The van der Waals surface area contributed by atoms with E-state index in [1.807, 2.05) is 30.5 Å². The molecule has 5 aromatic rings. The standard InChI is InChI=1S/C32H32F2N4O5/c1-32(2,41)13-18-14-35-38(15-18)22-9-7-20(8-10-22)19-3-5-21(6-4-19)28-24(33)12-25-30(29(28)34)37-31(36-25)43-23-11-26(40)27(16-39)42-17-23/h3-10,12,14-15,23,26-27,39-41H,11,13,16-17H2,1-2H3,(H,36,37)/t23-,26+,27-/m1/s1. The van der Waals surface area contributed by atoms with Gasteiger partial charge in [-0.2, -0.15) is 10.1 Å². The predicted octanol–water partition coefficient (Wildman–Crippen LogP) is 4.56. The monoisotopic (exact) mass is 590 g/mol. The van der Waals surface area contributed by atoms with Gasteiger partial charge in [-0.15, -0.1) is 0 Å². The van der Waals surface area contributed by atoms with E-state index in [9.17, 15) is 15.3 Å². The number of aliphatic hydroxyl groups excluding tert-OH is 2. The Hall–Kier alpha value is -4.16. The minimum absolute atomic E-state index is 0.0175. The molecular formula is C32H32F2N4O5. The van der Waals surface area contributed by atoms with Gasteiger partial charge in [-0.25, -0.2) is 13.5 Å². The molecule has 11 heteroatoms. The first-order valence-corrected chi connectivity index (χ1v) is 14.0. The second kappa shape index (κ2) is 11.5. The van der Waals surface area contributed by atoms with E-state index in [2.05, 4.69) is 15.1 Å². The number of nitrogens with zero attached hydrogens (tertiary/aromatic N) is 3. The van der Waals surface area contributed by atoms with Crippen LogP contribution in [0.2, 0.25) is 0 Å². The van der Waals surface area contributed by atoms with Crippen molar-refractivity contribution >= 4 is 11.0 Å². The normalized spacial score (nSPS) is 19.2. The van der Waals surface area contributed by atoms with Crippen molar-refractivity contribution in [3.8, 4) is 34.0 Å². The molecule has 9 nitrogen and oxygen atoms in total. The van der Waals surface area contributed by atoms with Crippen molar-refractivity contribution in [2.75, 3.05) is 13.2 Å². The van der Waals surface area contributed by atoms with Crippen LogP contribution in [0.15, 0.2) is 67.0 Å². The molecular weight excluding hydrogens is 558 g/mol. The molecule has 224 valence electrons. The lowest BCUT2D eigenvalue weighted by Gasteiger charge is -2.31. The largest absolute Gasteiger partial charge is 0.459 e. The molecule has 0 unspecified atom stereocenters. The summed E-state index contributed by atoms with van der Waals surface area (Å²) in [7, 11) is 0. The summed E-state index contributed by atoms with van der Waals surface area (Å²) in [5.74, 6) is -1.57. The summed E-state index contributed by atoms with van der Waals surface area (Å²) in [5.41, 5.74) is 3.00. The van der Waals surface area contributed by atoms with Crippen LogP contribution in [-0.4, -0.2) is 72.2 Å². The maximum absolute atomic E-state index is 15.6. The number of rotatable bonds is 8. The quantitative estimate of drug-likeness (QED) is 0.209. The van der Waals surface area contributed by atoms with Gasteiger partial charge in [0.05, 0.1) is 47.9 Å². The summed E-state index contributed by atoms with van der Waals surface area (Å²) in [6, 6.07) is 15.8. The molecule has 3 atom stereocenters. The lowest BCUT2D eigenvalue weighted by Crippen LogP contribution is -2.45. The molecule has 1 aliphatic heterocycles. The highest BCUT2D eigenvalue weighted by Crippen LogP contribution is 2.34. The van der Waals surface area contributed by atoms with Gasteiger partial charge in [0, 0.05) is 25.1 Å². The first-order chi connectivity index (χ1) is 20.6. The number of ether oxygens (including phenoxy) is 2. The minimum atomic E-state index is -0.912. The topological polar surface area (TPSA) is 126 Å². The Morgan fingerprint density at radius 3 is 2.40 bits per heavy atom. The van der Waals surface area contributed by atoms with E-state index >= 15 is 8.78 Å². The maximum atomic E-state index is 15.6. The van der Waals surface area contributed by atoms with Gasteiger partial charge in [0.25, 0.3) is 6.01 Å². The molecule has 1 aliphatic rings. The van der Waals surface area contributed by atoms with E-state index in [0.717, 1.165) is 22.4 Å². The molecule has 0 aliphatic carbocycles. The van der Waals surface area contributed by atoms with Gasteiger partial charge in [-0.05, 0) is 48.2 Å². The third kappa shape index (κ3) is 6.16. The number of imidazole rings is 1. The SMILES string of the molecule is CC(C)(O)Cc1cnn(-c2ccc(-c3ccc(-c4c(F)cc5[nH]c(O[C@H]6CO[C@H](CO)[C@@H](O)C6)nc5c4F)cc3)cc2)c1. The fourth-order valence-electron chi connectivity index (χ4n) is 5.35. The Balaban J connectivity index is 1.19. The molecule has 0 spiro atoms. The molecule has 4 N–H and O–H groups in total. The summed E-state index contributed by atoms with van der Waals surface area (Å²) < 4.78 is 43.6. The molecule has 0 saturated carbocycles. The fourth-order valence-corrected chi connectivity index (χ4v) is 5.35. The third-order valence-corrected chi connectivity index (χ3v) is 7.45. The van der Waals surface area contributed by atoms with Crippen molar-refractivity contribution in [3.63, 3.8) is 0 Å². The molecule has 3 aromatic carbocycles. The van der Waals surface area contributed by atoms with Crippen molar-refractivity contribution < 1.29 is 33.6 Å². The van der Waals surface area contributed by atoms with E-state index in [1.54, 1.807) is 49.0 Å². The van der Waals surface area contributed by atoms with Gasteiger partial charge in [0.1, 0.15) is 23.5 Å². The van der Waals surface area contributed by atoms with Gasteiger partial charge in [0.15, 0.2) is 5.82 Å². The maximum Gasteiger partial charge on any atom is 0.295 e. The molecule has 0 radical (unpaired) electrons. The number of aromatic amines is 1. The average Bonchev–Trinajstić information content (AvgIpc) is 3.59. The van der Waals surface area contributed by atoms with E-state index in [-0.39, 0.29) is 42.2 Å². The average molecular weight is 591 g/mol. The van der Waals surface area contributed by atoms with Crippen molar-refractivity contribution in [2.45, 2.75) is 50.6 Å². The summed E-state index contributed by atoms with van der Waals surface area (Å²) >= 11 is 0. The number of aromatic nitrogens is 4. The lowest BCUT2D eigenvalue weighted by molar-refractivity contribution is -0.131. The van der Waals surface area contributed by atoms with Gasteiger partial charge in [-0.1, -0.05) is 36.4 Å². The van der Waals surface area contributed by atoms with Gasteiger partial charge >= 0.3 is 0 Å². The van der Waals surface area contributed by atoms with Gasteiger partial charge in [-0.3, -0.25) is 0 Å². The van der Waals surface area contributed by atoms with Crippen molar-refractivity contribution in [1.29, 1.82) is 0 Å². The molecule has 0 amide bonds. The highest BCUT2D eigenvalue weighted by Gasteiger charge is 2.31. The lowest BCUT2D eigenvalue weighted by atomic mass is 9.99. The van der Waals surface area contributed by atoms with Crippen LogP contribution >= 0.6 is 0 Å². The van der Waals surface area contributed by atoms with Crippen LogP contribution in [0.25, 0.3) is 39.0 Å². The third-order valence-electron chi connectivity index (χ3n) is 7.45. The van der Waals surface area contributed by atoms with E-state index in [1.165, 1.54) is 6.07 Å². The number of benzene rings is 3. The molecule has 3 heterocycles. The van der Waals surface area contributed by atoms with Gasteiger partial charge < -0.3 is 29.8 Å². The highest BCUT2D eigenvalue weighted by atomic mass is 19.1. The Kier molecular flexibility index (Phi) is 7.74. The molecule has 2 aromatic heterocycles. The Labute approximate surface area is 246 Å². The number of halogens is 2. The summed E-state index contributed by atoms with van der Waals surface area (Å²) in [6.45, 7) is 3.32. The van der Waals surface area contributed by atoms with Crippen molar-refractivity contribution in [1.82, 2.24) is 19.7 Å². The van der Waals surface area contributed by atoms with E-state index in [0.29, 0.717) is 12.0 Å². The second-order valence-corrected chi connectivity index (χ2v) is 11.5. The number of fused-ring (bicyclic) bond motifs is 1. The molecule has 1 saturated heterocycles. The second-order valence-electron chi connectivity index (χ2n) is 11.5. The number of hydrogen-bond acceptors (Lipinski definition) is 7. The van der Waals surface area contributed by atoms with Crippen LogP contribution < -0.4 is 4.74 Å². The van der Waals surface area contributed by atoms with Crippen LogP contribution in [0.3, 0.4) is 0 Å². The fraction of sp³-hybridized carbons (Fsp3) is 0.312. The highest BCUT2D eigenvalue weighted by molar-refractivity contribution is 5.84. The van der Waals surface area contributed by atoms with E-state index in [4.69, 9.17) is 9.47 Å². The number of aliphatic hydroxyl groups is 3. The van der Waals surface area contributed by atoms with Crippen LogP contribution in [0.1, 0.15) is 25.8 Å². The number of nitrogens with one attached hydrogen (secondary N) is 1. The van der Waals surface area contributed by atoms with Crippen LogP contribution in [0.4, 0.5) is 8.78 Å². The summed E-state index contributed by atoms with van der Waals surface area (Å²) in [5, 5.41) is 33.7. The van der Waals surface area contributed by atoms with Crippen LogP contribution in [0.5, 0.6) is 6.01 Å². The van der Waals surface area contributed by atoms with E-state index < -0.39 is 35.5 Å². The first kappa shape index (κ1) is 28.9. The molecule has 6 rings (SSSR count). The Bertz CT molecular complexity index is 1730. The summed E-state index contributed by atoms with van der Waals surface area (Å²) in [6.07, 6.45) is 2.16. The summed E-state index contributed by atoms with van der Waals surface area (Å²) in [4.78, 5) is 6.97. The zero-order valence-electron chi connectivity index (χ0n) is 23.7. The number of H-pyrrole nitrogens is 1. The first-order valence-electron chi connectivity index (χ1n) is 14.0. The van der Waals surface area contributed by atoms with Crippen molar-refractivity contribution in [3.05, 3.63) is 84.2 Å². The predicted molar refractivity (Wildman–Crippen MR) is 156 cm³/mol. The van der Waals surface area contributed by atoms with Crippen LogP contribution in [-0.2, 0) is 11.2 Å². The number of hydrogen-bond donors (Lipinski definition) is 4. The van der Waals surface area contributed by atoms with Crippen LogP contribution in [0, 0.1) is 11.6 Å². The molecule has 43 heavy (non-hydrogen) atoms.